The minimum absolute atomic E-state index is 0.603. The minimum Gasteiger partial charge on any atom is -0.297 e. The number of rotatable bonds is 6. The van der Waals surface area contributed by atoms with Crippen LogP contribution in [0.25, 0.3) is 0 Å². The summed E-state index contributed by atoms with van der Waals surface area (Å²) in [6.45, 7) is 9.02. The van der Waals surface area contributed by atoms with E-state index in [1.165, 1.54) is 18.4 Å². The van der Waals surface area contributed by atoms with E-state index in [0.29, 0.717) is 6.04 Å². The predicted molar refractivity (Wildman–Crippen MR) is 67.0 cm³/mol. The molecule has 0 aromatic heterocycles. The zero-order valence-electron chi connectivity index (χ0n) is 10.2. The van der Waals surface area contributed by atoms with Crippen molar-refractivity contribution in [1.29, 1.82) is 0 Å². The molecule has 1 atom stereocenters. The average Bonchev–Trinajstić information content (AvgIpc) is 2.30. The molecule has 0 heterocycles. The van der Waals surface area contributed by atoms with E-state index in [1.54, 1.807) is 0 Å². The van der Waals surface area contributed by atoms with Gasteiger partial charge in [0.25, 0.3) is 0 Å². The van der Waals surface area contributed by atoms with Gasteiger partial charge in [0.15, 0.2) is 0 Å². The molecule has 0 aliphatic rings. The first-order valence-electron chi connectivity index (χ1n) is 6.12. The van der Waals surface area contributed by atoms with Crippen molar-refractivity contribution in [1.82, 2.24) is 4.90 Å². The Hall–Kier alpha value is -0.820. The normalized spacial score (nSPS) is 13.1. The molecule has 1 heteroatoms. The summed E-state index contributed by atoms with van der Waals surface area (Å²) in [5.41, 5.74) is 1.46. The van der Waals surface area contributed by atoms with Crippen molar-refractivity contribution in [3.8, 4) is 0 Å². The van der Waals surface area contributed by atoms with Crippen LogP contribution in [-0.2, 0) is 0 Å². The fraction of sp³-hybridized carbons (Fsp3) is 0.571. The molecule has 0 radical (unpaired) electrons. The Morgan fingerprint density at radius 2 is 1.60 bits per heavy atom. The SMILES string of the molecule is CCCC(c1ccccc1)N(CC)CC. The lowest BCUT2D eigenvalue weighted by Crippen LogP contribution is -2.28. The lowest BCUT2D eigenvalue weighted by molar-refractivity contribution is 0.207. The fourth-order valence-corrected chi connectivity index (χ4v) is 2.17. The molecule has 84 valence electrons. The highest BCUT2D eigenvalue weighted by atomic mass is 15.1. The van der Waals surface area contributed by atoms with Gasteiger partial charge in [0, 0.05) is 6.04 Å². The van der Waals surface area contributed by atoms with Crippen LogP contribution in [0.15, 0.2) is 30.3 Å². The first kappa shape index (κ1) is 12.3. The molecule has 1 rings (SSSR count). The Morgan fingerprint density at radius 1 is 1.00 bits per heavy atom. The van der Waals surface area contributed by atoms with Crippen molar-refractivity contribution < 1.29 is 0 Å². The Bertz CT molecular complexity index is 251. The molecule has 1 aromatic carbocycles. The molecule has 15 heavy (non-hydrogen) atoms. The van der Waals surface area contributed by atoms with Crippen molar-refractivity contribution in [2.45, 2.75) is 39.7 Å². The molecule has 0 N–H and O–H groups in total. The van der Waals surface area contributed by atoms with E-state index in [4.69, 9.17) is 0 Å². The topological polar surface area (TPSA) is 3.24 Å². The smallest absolute Gasteiger partial charge is 0.0347 e. The summed E-state index contributed by atoms with van der Waals surface area (Å²) in [5.74, 6) is 0. The Kier molecular flexibility index (Phi) is 5.41. The summed E-state index contributed by atoms with van der Waals surface area (Å²) in [7, 11) is 0. The number of hydrogen-bond acceptors (Lipinski definition) is 1. The first-order valence-corrected chi connectivity index (χ1v) is 6.12. The van der Waals surface area contributed by atoms with Crippen LogP contribution in [0.1, 0.15) is 45.2 Å². The standard InChI is InChI=1S/C14H23N/c1-4-10-14(15(5-2)6-3)13-11-8-7-9-12-13/h7-9,11-12,14H,4-6,10H2,1-3H3. The zero-order valence-corrected chi connectivity index (χ0v) is 10.2. The van der Waals surface area contributed by atoms with Gasteiger partial charge in [-0.05, 0) is 25.1 Å². The van der Waals surface area contributed by atoms with Gasteiger partial charge in [-0.15, -0.1) is 0 Å². The highest BCUT2D eigenvalue weighted by Gasteiger charge is 2.15. The monoisotopic (exact) mass is 205 g/mol. The van der Waals surface area contributed by atoms with Crippen molar-refractivity contribution in [3.63, 3.8) is 0 Å². The van der Waals surface area contributed by atoms with E-state index in [1.807, 2.05) is 0 Å². The lowest BCUT2D eigenvalue weighted by Gasteiger charge is -2.29. The maximum atomic E-state index is 2.54. The van der Waals surface area contributed by atoms with E-state index in [0.717, 1.165) is 13.1 Å². The van der Waals surface area contributed by atoms with Crippen molar-refractivity contribution in [2.24, 2.45) is 0 Å². The van der Waals surface area contributed by atoms with Crippen LogP contribution in [0.2, 0.25) is 0 Å². The maximum Gasteiger partial charge on any atom is 0.0347 e. The van der Waals surface area contributed by atoms with E-state index in [-0.39, 0.29) is 0 Å². The molecule has 0 fully saturated rings. The third-order valence-corrected chi connectivity index (χ3v) is 3.00. The molecular formula is C14H23N. The molecule has 1 aromatic rings. The zero-order chi connectivity index (χ0) is 11.1. The van der Waals surface area contributed by atoms with Crippen molar-refractivity contribution >= 4 is 0 Å². The molecule has 0 bridgehead atoms. The fourth-order valence-electron chi connectivity index (χ4n) is 2.17. The van der Waals surface area contributed by atoms with Gasteiger partial charge in [-0.1, -0.05) is 57.5 Å². The molecule has 0 amide bonds. The highest BCUT2D eigenvalue weighted by molar-refractivity contribution is 5.18. The number of benzene rings is 1. The van der Waals surface area contributed by atoms with Gasteiger partial charge in [-0.2, -0.15) is 0 Å². The number of nitrogens with zero attached hydrogens (tertiary/aromatic N) is 1. The Morgan fingerprint density at radius 3 is 2.07 bits per heavy atom. The van der Waals surface area contributed by atoms with Gasteiger partial charge in [-0.25, -0.2) is 0 Å². The van der Waals surface area contributed by atoms with Gasteiger partial charge >= 0.3 is 0 Å². The third kappa shape index (κ3) is 3.35. The summed E-state index contributed by atoms with van der Waals surface area (Å²) in [5, 5.41) is 0. The van der Waals surface area contributed by atoms with Gasteiger partial charge in [0.1, 0.15) is 0 Å². The second kappa shape index (κ2) is 6.62. The quantitative estimate of drug-likeness (QED) is 0.681. The van der Waals surface area contributed by atoms with Gasteiger partial charge in [0.05, 0.1) is 0 Å². The summed E-state index contributed by atoms with van der Waals surface area (Å²) in [6.07, 6.45) is 2.50. The predicted octanol–water partition coefficient (Wildman–Crippen LogP) is 3.87. The average molecular weight is 205 g/mol. The molecular weight excluding hydrogens is 182 g/mol. The van der Waals surface area contributed by atoms with Crippen LogP contribution in [0.5, 0.6) is 0 Å². The maximum absolute atomic E-state index is 2.54. The van der Waals surface area contributed by atoms with Crippen LogP contribution in [0, 0.1) is 0 Å². The molecule has 1 nitrogen and oxygen atoms in total. The minimum atomic E-state index is 0.603. The van der Waals surface area contributed by atoms with Crippen LogP contribution in [0.4, 0.5) is 0 Å². The van der Waals surface area contributed by atoms with Crippen LogP contribution < -0.4 is 0 Å². The second-order valence-electron chi connectivity index (χ2n) is 3.94. The molecule has 0 spiro atoms. The van der Waals surface area contributed by atoms with Crippen LogP contribution in [-0.4, -0.2) is 18.0 Å². The molecule has 0 aliphatic carbocycles. The first-order chi connectivity index (χ1) is 7.33. The third-order valence-electron chi connectivity index (χ3n) is 3.00. The van der Waals surface area contributed by atoms with Crippen LogP contribution >= 0.6 is 0 Å². The van der Waals surface area contributed by atoms with Gasteiger partial charge in [0.2, 0.25) is 0 Å². The van der Waals surface area contributed by atoms with Gasteiger partial charge in [-0.3, -0.25) is 4.90 Å². The summed E-state index contributed by atoms with van der Waals surface area (Å²) < 4.78 is 0. The second-order valence-corrected chi connectivity index (χ2v) is 3.94. The van der Waals surface area contributed by atoms with Crippen molar-refractivity contribution in [2.75, 3.05) is 13.1 Å². The van der Waals surface area contributed by atoms with E-state index < -0.39 is 0 Å². The molecule has 0 saturated carbocycles. The summed E-state index contributed by atoms with van der Waals surface area (Å²) >= 11 is 0. The largest absolute Gasteiger partial charge is 0.297 e. The van der Waals surface area contributed by atoms with Crippen molar-refractivity contribution in [3.05, 3.63) is 35.9 Å². The number of hydrogen-bond donors (Lipinski definition) is 0. The Labute approximate surface area is 94.1 Å². The molecule has 0 aliphatic heterocycles. The lowest BCUT2D eigenvalue weighted by atomic mass is 10.0. The van der Waals surface area contributed by atoms with Gasteiger partial charge < -0.3 is 0 Å². The highest BCUT2D eigenvalue weighted by Crippen LogP contribution is 2.24. The molecule has 1 unspecified atom stereocenters. The van der Waals surface area contributed by atoms with Crippen LogP contribution in [0.3, 0.4) is 0 Å². The summed E-state index contributed by atoms with van der Waals surface area (Å²) in [6, 6.07) is 11.5. The Balaban J connectivity index is 2.81. The summed E-state index contributed by atoms with van der Waals surface area (Å²) in [4.78, 5) is 2.54. The molecule has 0 saturated heterocycles. The van der Waals surface area contributed by atoms with E-state index in [2.05, 4.69) is 56.0 Å². The van der Waals surface area contributed by atoms with E-state index >= 15 is 0 Å². The van der Waals surface area contributed by atoms with E-state index in [9.17, 15) is 0 Å².